The number of nitrogens with one attached hydrogen (secondary N) is 1. The molecule has 10 heteroatoms. The van der Waals surface area contributed by atoms with E-state index >= 15 is 0 Å². The highest BCUT2D eigenvalue weighted by Gasteiger charge is 2.34. The molecule has 6 nitrogen and oxygen atoms in total. The summed E-state index contributed by atoms with van der Waals surface area (Å²) in [5.41, 5.74) is -0.483. The number of piperidine rings is 1. The van der Waals surface area contributed by atoms with Crippen LogP contribution in [0.15, 0.2) is 12.1 Å². The molecule has 0 unspecified atom stereocenters. The van der Waals surface area contributed by atoms with Gasteiger partial charge in [-0.2, -0.15) is 13.2 Å². The fourth-order valence-electron chi connectivity index (χ4n) is 3.86. The summed E-state index contributed by atoms with van der Waals surface area (Å²) in [7, 11) is 2.03. The van der Waals surface area contributed by atoms with E-state index in [4.69, 9.17) is 4.74 Å². The summed E-state index contributed by atoms with van der Waals surface area (Å²) < 4.78 is 58.6. The number of hydrogen-bond acceptors (Lipinski definition) is 6. The van der Waals surface area contributed by atoms with Gasteiger partial charge in [-0.25, -0.2) is 4.39 Å². The third-order valence-electron chi connectivity index (χ3n) is 5.28. The fourth-order valence-corrected chi connectivity index (χ4v) is 3.86. The van der Waals surface area contributed by atoms with Crippen molar-refractivity contribution in [1.29, 1.82) is 0 Å². The first kappa shape index (κ1) is 19.8. The van der Waals surface area contributed by atoms with E-state index in [1.54, 1.807) is 0 Å². The Morgan fingerprint density at radius 2 is 1.97 bits per heavy atom. The topological polar surface area (TPSA) is 70.5 Å². The van der Waals surface area contributed by atoms with Crippen molar-refractivity contribution in [2.45, 2.75) is 38.3 Å². The van der Waals surface area contributed by atoms with E-state index < -0.39 is 28.9 Å². The summed E-state index contributed by atoms with van der Waals surface area (Å²) in [4.78, 5) is 2.20. The zero-order chi connectivity index (χ0) is 20.8. The summed E-state index contributed by atoms with van der Waals surface area (Å²) >= 11 is 0. The lowest BCUT2D eigenvalue weighted by atomic mass is 10.00. The van der Waals surface area contributed by atoms with Crippen LogP contribution in [0.5, 0.6) is 5.75 Å². The van der Waals surface area contributed by atoms with E-state index in [-0.39, 0.29) is 24.9 Å². The summed E-state index contributed by atoms with van der Waals surface area (Å²) in [5, 5.41) is 21.6. The number of fused-ring (bicyclic) bond motifs is 1. The zero-order valence-electron chi connectivity index (χ0n) is 15.7. The van der Waals surface area contributed by atoms with E-state index in [0.29, 0.717) is 29.1 Å². The largest absolute Gasteiger partial charge is 0.507 e. The molecule has 0 aliphatic carbocycles. The molecule has 1 aromatic carbocycles. The molecule has 3 heterocycles. The predicted molar refractivity (Wildman–Crippen MR) is 96.7 cm³/mol. The van der Waals surface area contributed by atoms with E-state index in [2.05, 4.69) is 20.4 Å². The molecule has 2 N–H and O–H groups in total. The number of phenols is 1. The van der Waals surface area contributed by atoms with Crippen LogP contribution in [0, 0.1) is 5.82 Å². The Morgan fingerprint density at radius 3 is 2.66 bits per heavy atom. The maximum absolute atomic E-state index is 14.5. The van der Waals surface area contributed by atoms with Crippen LogP contribution in [0.2, 0.25) is 0 Å². The maximum Gasteiger partial charge on any atom is 0.416 e. The van der Waals surface area contributed by atoms with Gasteiger partial charge in [0.2, 0.25) is 0 Å². The van der Waals surface area contributed by atoms with Crippen LogP contribution in [-0.4, -0.2) is 46.4 Å². The van der Waals surface area contributed by atoms with Crippen molar-refractivity contribution in [3.05, 3.63) is 34.6 Å². The normalized spacial score (nSPS) is 20.0. The average molecular weight is 412 g/mol. The van der Waals surface area contributed by atoms with Crippen LogP contribution in [0.25, 0.3) is 11.3 Å². The number of anilines is 1. The molecule has 2 aromatic rings. The van der Waals surface area contributed by atoms with Gasteiger partial charge in [0, 0.05) is 23.7 Å². The molecule has 0 radical (unpaired) electrons. The fraction of sp³-hybridized carbons (Fsp3) is 0.474. The molecule has 0 bridgehead atoms. The number of phenolic OH excluding ortho intramolecular Hbond substituents is 1. The molecule has 1 aromatic heterocycles. The van der Waals surface area contributed by atoms with Crippen LogP contribution in [0.1, 0.15) is 29.5 Å². The van der Waals surface area contributed by atoms with Crippen LogP contribution >= 0.6 is 0 Å². The molecular weight excluding hydrogens is 392 g/mol. The van der Waals surface area contributed by atoms with Crippen molar-refractivity contribution < 1.29 is 27.4 Å². The van der Waals surface area contributed by atoms with Gasteiger partial charge in [0.05, 0.1) is 24.3 Å². The highest BCUT2D eigenvalue weighted by molar-refractivity contribution is 5.73. The van der Waals surface area contributed by atoms with Gasteiger partial charge >= 0.3 is 6.18 Å². The van der Waals surface area contributed by atoms with Crippen LogP contribution in [0.3, 0.4) is 0 Å². The molecule has 0 amide bonds. The first-order chi connectivity index (χ1) is 13.7. The third-order valence-corrected chi connectivity index (χ3v) is 5.28. The second-order valence-corrected chi connectivity index (χ2v) is 7.44. The molecule has 156 valence electrons. The molecule has 1 saturated heterocycles. The van der Waals surface area contributed by atoms with Crippen molar-refractivity contribution in [2.24, 2.45) is 0 Å². The number of likely N-dealkylation sites (tertiary alicyclic amines) is 1. The summed E-state index contributed by atoms with van der Waals surface area (Å²) in [5.74, 6) is -1.53. The quantitative estimate of drug-likeness (QED) is 0.752. The van der Waals surface area contributed by atoms with E-state index in [1.165, 1.54) is 0 Å². The molecule has 0 saturated carbocycles. The molecule has 0 spiro atoms. The number of aromatic hydroxyl groups is 1. The maximum atomic E-state index is 14.5. The average Bonchev–Trinajstić information content (AvgIpc) is 3.12. The highest BCUT2D eigenvalue weighted by atomic mass is 19.4. The standard InChI is InChI=1S/C19H20F4N4O2/c1-27-4-2-3-11(7-27)24-18-13-9-29-8-12(13)17(25-26-18)16-14(20)5-10(6-15(16)28)19(21,22)23/h5-6,11,28H,2-4,7-9H2,1H3,(H,24,26)/t11-/m1/s1. The summed E-state index contributed by atoms with van der Waals surface area (Å²) in [6.07, 6.45) is -2.75. The van der Waals surface area contributed by atoms with Crippen molar-refractivity contribution in [3.8, 4) is 17.0 Å². The predicted octanol–water partition coefficient (Wildman–Crippen LogP) is 3.54. The number of likely N-dealkylation sites (N-methyl/N-ethyl adjacent to an activating group) is 1. The number of aromatic nitrogens is 2. The number of rotatable bonds is 3. The van der Waals surface area contributed by atoms with Gasteiger partial charge < -0.3 is 20.1 Å². The SMILES string of the molecule is CN1CCC[C@@H](Nc2nnc(-c3c(O)cc(C(F)(F)F)cc3F)c3c2COC3)C1. The zero-order valence-corrected chi connectivity index (χ0v) is 15.7. The molecule has 29 heavy (non-hydrogen) atoms. The molecule has 2 aliphatic rings. The Hall–Kier alpha value is -2.46. The first-order valence-electron chi connectivity index (χ1n) is 9.25. The molecular formula is C19H20F4N4O2. The Kier molecular flexibility index (Phi) is 5.07. The second kappa shape index (κ2) is 7.42. The summed E-state index contributed by atoms with van der Waals surface area (Å²) in [6.45, 7) is 2.20. The number of halogens is 4. The van der Waals surface area contributed by atoms with Gasteiger partial charge in [-0.3, -0.25) is 0 Å². The second-order valence-electron chi connectivity index (χ2n) is 7.44. The Bertz CT molecular complexity index is 912. The van der Waals surface area contributed by atoms with E-state index in [1.807, 2.05) is 7.05 Å². The Balaban J connectivity index is 1.71. The lowest BCUT2D eigenvalue weighted by molar-refractivity contribution is -0.137. The van der Waals surface area contributed by atoms with Gasteiger partial charge in [0.1, 0.15) is 17.3 Å². The van der Waals surface area contributed by atoms with E-state index in [9.17, 15) is 22.7 Å². The number of nitrogens with zero attached hydrogens (tertiary/aromatic N) is 3. The molecule has 2 aliphatic heterocycles. The number of ether oxygens (including phenoxy) is 1. The van der Waals surface area contributed by atoms with Crippen molar-refractivity contribution in [3.63, 3.8) is 0 Å². The first-order valence-corrected chi connectivity index (χ1v) is 9.25. The lowest BCUT2D eigenvalue weighted by Gasteiger charge is -2.30. The number of hydrogen-bond donors (Lipinski definition) is 2. The van der Waals surface area contributed by atoms with Crippen LogP contribution in [0.4, 0.5) is 23.4 Å². The van der Waals surface area contributed by atoms with Gasteiger partial charge in [-0.05, 0) is 38.6 Å². The van der Waals surface area contributed by atoms with Gasteiger partial charge in [-0.15, -0.1) is 10.2 Å². The molecule has 4 rings (SSSR count). The smallest absolute Gasteiger partial charge is 0.416 e. The minimum absolute atomic E-state index is 0.00691. The number of benzene rings is 1. The van der Waals surface area contributed by atoms with Gasteiger partial charge in [0.15, 0.2) is 5.82 Å². The van der Waals surface area contributed by atoms with Crippen molar-refractivity contribution >= 4 is 5.82 Å². The van der Waals surface area contributed by atoms with Crippen LogP contribution in [-0.2, 0) is 24.1 Å². The van der Waals surface area contributed by atoms with E-state index in [0.717, 1.165) is 25.9 Å². The third kappa shape index (κ3) is 3.86. The monoisotopic (exact) mass is 412 g/mol. The lowest BCUT2D eigenvalue weighted by Crippen LogP contribution is -2.40. The van der Waals surface area contributed by atoms with Crippen molar-refractivity contribution in [1.82, 2.24) is 15.1 Å². The number of alkyl halides is 3. The minimum atomic E-state index is -4.77. The van der Waals surface area contributed by atoms with Gasteiger partial charge in [-0.1, -0.05) is 0 Å². The van der Waals surface area contributed by atoms with Crippen molar-refractivity contribution in [2.75, 3.05) is 25.5 Å². The minimum Gasteiger partial charge on any atom is -0.507 e. The van der Waals surface area contributed by atoms with Gasteiger partial charge in [0.25, 0.3) is 0 Å². The van der Waals surface area contributed by atoms with Crippen LogP contribution < -0.4 is 5.32 Å². The molecule has 1 atom stereocenters. The summed E-state index contributed by atoms with van der Waals surface area (Å²) in [6, 6.07) is 1.02. The highest BCUT2D eigenvalue weighted by Crippen LogP contribution is 2.41. The Labute approximate surface area is 164 Å². The molecule has 1 fully saturated rings. The Morgan fingerprint density at radius 1 is 1.21 bits per heavy atom.